The van der Waals surface area contributed by atoms with Crippen molar-refractivity contribution in [2.24, 2.45) is 15.9 Å². The SMILES string of the molecule is C=C/C(=C/C)C(=C)/C=N\C(=N/C)c1cccc(-c2cccc(-c3ccc(CNCC(C)CCC(=C)C)c(CC)n3)c2CC)c1. The van der Waals surface area contributed by atoms with Crippen LogP contribution in [0, 0.1) is 5.92 Å². The molecule has 230 valence electrons. The second kappa shape index (κ2) is 17.2. The van der Waals surface area contributed by atoms with Crippen molar-refractivity contribution in [1.29, 1.82) is 0 Å². The predicted molar refractivity (Wildman–Crippen MR) is 193 cm³/mol. The summed E-state index contributed by atoms with van der Waals surface area (Å²) in [6, 6.07) is 19.4. The number of nitrogens with one attached hydrogen (secondary N) is 1. The highest BCUT2D eigenvalue weighted by Gasteiger charge is 2.14. The summed E-state index contributed by atoms with van der Waals surface area (Å²) in [5.41, 5.74) is 12.2. The molecule has 1 heterocycles. The smallest absolute Gasteiger partial charge is 0.154 e. The Morgan fingerprint density at radius 1 is 1.02 bits per heavy atom. The van der Waals surface area contributed by atoms with Crippen LogP contribution in [0.1, 0.15) is 69.8 Å². The molecule has 1 N–H and O–H groups in total. The minimum atomic E-state index is 0.617. The lowest BCUT2D eigenvalue weighted by molar-refractivity contribution is 0.479. The van der Waals surface area contributed by atoms with Gasteiger partial charge in [0.2, 0.25) is 0 Å². The average Bonchev–Trinajstić information content (AvgIpc) is 3.04. The van der Waals surface area contributed by atoms with Crippen LogP contribution >= 0.6 is 0 Å². The van der Waals surface area contributed by atoms with Crippen LogP contribution in [0.2, 0.25) is 0 Å². The first kappa shape index (κ1) is 34.3. The second-order valence-electron chi connectivity index (χ2n) is 11.4. The maximum Gasteiger partial charge on any atom is 0.154 e. The Balaban J connectivity index is 1.88. The normalized spacial score (nSPS) is 12.9. The zero-order chi connectivity index (χ0) is 32.1. The number of allylic oxidation sites excluding steroid dienone is 5. The van der Waals surface area contributed by atoms with E-state index in [9.17, 15) is 0 Å². The number of pyridine rings is 1. The molecule has 0 spiro atoms. The third-order valence-corrected chi connectivity index (χ3v) is 7.97. The summed E-state index contributed by atoms with van der Waals surface area (Å²) < 4.78 is 0. The first-order valence-corrected chi connectivity index (χ1v) is 15.8. The molecule has 0 aliphatic carbocycles. The number of hydrogen-bond acceptors (Lipinski definition) is 3. The number of aliphatic imine (C=N–C) groups is 2. The van der Waals surface area contributed by atoms with Gasteiger partial charge < -0.3 is 5.32 Å². The molecule has 0 saturated heterocycles. The summed E-state index contributed by atoms with van der Waals surface area (Å²) in [5.74, 6) is 1.28. The number of aryl methyl sites for hydroxylation is 1. The Morgan fingerprint density at radius 2 is 1.77 bits per heavy atom. The number of nitrogens with zero attached hydrogens (tertiary/aromatic N) is 3. The molecule has 4 nitrogen and oxygen atoms in total. The third-order valence-electron chi connectivity index (χ3n) is 7.97. The highest BCUT2D eigenvalue weighted by Crippen LogP contribution is 2.33. The summed E-state index contributed by atoms with van der Waals surface area (Å²) >= 11 is 0. The van der Waals surface area contributed by atoms with E-state index >= 15 is 0 Å². The maximum absolute atomic E-state index is 5.18. The van der Waals surface area contributed by atoms with Crippen molar-refractivity contribution in [2.75, 3.05) is 13.6 Å². The van der Waals surface area contributed by atoms with Crippen molar-refractivity contribution in [3.05, 3.63) is 126 Å². The van der Waals surface area contributed by atoms with E-state index in [1.165, 1.54) is 34.2 Å². The highest BCUT2D eigenvalue weighted by molar-refractivity contribution is 6.06. The summed E-state index contributed by atoms with van der Waals surface area (Å²) in [6.45, 7) is 24.6. The van der Waals surface area contributed by atoms with Crippen LogP contribution < -0.4 is 5.32 Å². The average molecular weight is 587 g/mol. The number of hydrogen-bond donors (Lipinski definition) is 1. The minimum Gasteiger partial charge on any atom is -0.312 e. The van der Waals surface area contributed by atoms with E-state index in [1.807, 2.05) is 13.0 Å². The van der Waals surface area contributed by atoms with Gasteiger partial charge in [0.15, 0.2) is 5.84 Å². The number of aromatic nitrogens is 1. The fourth-order valence-corrected chi connectivity index (χ4v) is 5.41. The Bertz CT molecular complexity index is 1550. The summed E-state index contributed by atoms with van der Waals surface area (Å²) in [7, 11) is 1.77. The molecule has 2 aromatic carbocycles. The minimum absolute atomic E-state index is 0.617. The molecule has 0 amide bonds. The molecule has 1 aromatic heterocycles. The molecule has 3 aromatic rings. The molecule has 0 bridgehead atoms. The van der Waals surface area contributed by atoms with E-state index < -0.39 is 0 Å². The number of amidine groups is 1. The monoisotopic (exact) mass is 586 g/mol. The molecule has 1 atom stereocenters. The lowest BCUT2D eigenvalue weighted by Crippen LogP contribution is -2.21. The molecule has 4 heteroatoms. The molecule has 0 radical (unpaired) electrons. The van der Waals surface area contributed by atoms with Gasteiger partial charge in [-0.1, -0.05) is 94.1 Å². The molecular weight excluding hydrogens is 536 g/mol. The molecular formula is C40H50N4. The first-order valence-electron chi connectivity index (χ1n) is 15.8. The van der Waals surface area contributed by atoms with Crippen LogP contribution in [-0.2, 0) is 19.4 Å². The fraction of sp³-hybridized carbons (Fsp3) is 0.325. The van der Waals surface area contributed by atoms with Gasteiger partial charge in [-0.05, 0) is 97.5 Å². The van der Waals surface area contributed by atoms with Crippen molar-refractivity contribution < 1.29 is 0 Å². The van der Waals surface area contributed by atoms with Gasteiger partial charge in [-0.2, -0.15) is 0 Å². The van der Waals surface area contributed by atoms with E-state index in [-0.39, 0.29) is 0 Å². The zero-order valence-corrected chi connectivity index (χ0v) is 27.7. The van der Waals surface area contributed by atoms with Gasteiger partial charge in [-0.25, -0.2) is 4.99 Å². The summed E-state index contributed by atoms with van der Waals surface area (Å²) in [6.07, 6.45) is 9.56. The predicted octanol–water partition coefficient (Wildman–Crippen LogP) is 9.76. The second-order valence-corrected chi connectivity index (χ2v) is 11.4. The Morgan fingerprint density at radius 3 is 2.43 bits per heavy atom. The van der Waals surface area contributed by atoms with Gasteiger partial charge >= 0.3 is 0 Å². The molecule has 3 rings (SSSR count). The maximum atomic E-state index is 5.18. The Labute approximate surface area is 266 Å². The van der Waals surface area contributed by atoms with Gasteiger partial charge in [0.05, 0.1) is 5.69 Å². The molecule has 0 aliphatic heterocycles. The van der Waals surface area contributed by atoms with Crippen LogP contribution in [0.15, 0.2) is 113 Å². The quantitative estimate of drug-likeness (QED) is 0.0834. The summed E-state index contributed by atoms with van der Waals surface area (Å²) in [5, 5.41) is 3.66. The van der Waals surface area contributed by atoms with E-state index in [2.05, 4.69) is 117 Å². The van der Waals surface area contributed by atoms with E-state index in [1.54, 1.807) is 19.3 Å². The molecule has 0 aliphatic rings. The molecule has 1 unspecified atom stereocenters. The van der Waals surface area contributed by atoms with Crippen molar-refractivity contribution in [3.8, 4) is 22.4 Å². The molecule has 0 saturated carbocycles. The van der Waals surface area contributed by atoms with Crippen LogP contribution in [-0.4, -0.2) is 30.6 Å². The van der Waals surface area contributed by atoms with Gasteiger partial charge in [-0.15, -0.1) is 6.58 Å². The van der Waals surface area contributed by atoms with Crippen molar-refractivity contribution >= 4 is 12.1 Å². The lowest BCUT2D eigenvalue weighted by Gasteiger charge is -2.17. The Kier molecular flexibility index (Phi) is 13.4. The van der Waals surface area contributed by atoms with Crippen LogP contribution in [0.4, 0.5) is 0 Å². The topological polar surface area (TPSA) is 49.6 Å². The van der Waals surface area contributed by atoms with Crippen LogP contribution in [0.5, 0.6) is 0 Å². The largest absolute Gasteiger partial charge is 0.312 e. The van der Waals surface area contributed by atoms with Gasteiger partial charge in [0.25, 0.3) is 0 Å². The zero-order valence-electron chi connectivity index (χ0n) is 27.7. The van der Waals surface area contributed by atoms with Gasteiger partial charge in [0, 0.05) is 36.6 Å². The fourth-order valence-electron chi connectivity index (χ4n) is 5.41. The molecule has 0 fully saturated rings. The standard InChI is InChI=1S/C40H50N4/c1-10-31(11-2)30(8)26-43-40(41-9)33-17-14-16-32(24-33)36-18-15-19-37(35(36)12-3)39-23-22-34(38(13-4)44-39)27-42-25-29(7)21-20-28(5)6/h10-11,14-19,22-24,26,29,42H,1,5,8,12-13,20-21,25,27H2,2-4,6-7,9H3/b31-11-,41-40-,43-26-. The van der Waals surface area contributed by atoms with Crippen molar-refractivity contribution in [1.82, 2.24) is 10.3 Å². The highest BCUT2D eigenvalue weighted by atomic mass is 14.9. The van der Waals surface area contributed by atoms with Crippen molar-refractivity contribution in [2.45, 2.75) is 66.8 Å². The van der Waals surface area contributed by atoms with E-state index in [0.29, 0.717) is 11.8 Å². The van der Waals surface area contributed by atoms with E-state index in [0.717, 1.165) is 66.0 Å². The molecule has 44 heavy (non-hydrogen) atoms. The van der Waals surface area contributed by atoms with Gasteiger partial charge in [-0.3, -0.25) is 9.98 Å². The van der Waals surface area contributed by atoms with E-state index in [4.69, 9.17) is 4.98 Å². The Hall–Kier alpha value is -4.15. The van der Waals surface area contributed by atoms with Crippen molar-refractivity contribution in [3.63, 3.8) is 0 Å². The first-order chi connectivity index (χ1) is 21.3. The van der Waals surface area contributed by atoms with Crippen LogP contribution in [0.3, 0.4) is 0 Å². The number of benzene rings is 2. The number of rotatable bonds is 15. The summed E-state index contributed by atoms with van der Waals surface area (Å²) in [4.78, 5) is 14.3. The third kappa shape index (κ3) is 9.17. The van der Waals surface area contributed by atoms with Gasteiger partial charge in [0.1, 0.15) is 0 Å². The van der Waals surface area contributed by atoms with Crippen LogP contribution in [0.25, 0.3) is 22.4 Å². The lowest BCUT2D eigenvalue weighted by atomic mass is 9.91.